The van der Waals surface area contributed by atoms with Crippen LogP contribution < -0.4 is 26.4 Å². The van der Waals surface area contributed by atoms with Gasteiger partial charge in [-0.1, -0.05) is 142 Å². The van der Waals surface area contributed by atoms with Crippen LogP contribution in [0.15, 0.2) is 120 Å². The van der Waals surface area contributed by atoms with Gasteiger partial charge < -0.3 is 14.2 Å². The lowest BCUT2D eigenvalue weighted by molar-refractivity contribution is 0.333. The lowest BCUT2D eigenvalue weighted by Gasteiger charge is -2.49. The Kier molecular flexibility index (Phi) is 8.40. The topological polar surface area (TPSA) is 19.6 Å². The quantitative estimate of drug-likeness (QED) is 0.166. The Morgan fingerprint density at radius 2 is 1.23 bits per heavy atom. The van der Waals surface area contributed by atoms with E-state index in [0.717, 1.165) is 40.8 Å². The number of furan rings is 1. The molecule has 1 aliphatic carbocycles. The number of rotatable bonds is 3. The molecule has 3 aliphatic rings. The fourth-order valence-electron chi connectivity index (χ4n) is 10.6. The zero-order valence-corrected chi connectivity index (χ0v) is 37.8. The Hall–Kier alpha value is -5.48. The molecule has 0 saturated heterocycles. The third-order valence-corrected chi connectivity index (χ3v) is 14.1. The molecule has 302 valence electrons. The number of benzene rings is 6. The minimum absolute atomic E-state index is 0.0142. The molecule has 0 bridgehead atoms. The first-order valence-electron chi connectivity index (χ1n) is 22.1. The molecule has 3 nitrogen and oxygen atoms in total. The van der Waals surface area contributed by atoms with Gasteiger partial charge in [-0.25, -0.2) is 0 Å². The third-order valence-electron chi connectivity index (χ3n) is 14.1. The van der Waals surface area contributed by atoms with Crippen molar-refractivity contribution in [2.24, 2.45) is 0 Å². The van der Waals surface area contributed by atoms with Gasteiger partial charge >= 0.3 is 0 Å². The van der Waals surface area contributed by atoms with Gasteiger partial charge in [-0.15, -0.1) is 0 Å². The van der Waals surface area contributed by atoms with Gasteiger partial charge in [0.25, 0.3) is 6.71 Å². The summed E-state index contributed by atoms with van der Waals surface area (Å²) in [6, 6.07) is 44.1. The summed E-state index contributed by atoms with van der Waals surface area (Å²) >= 11 is 0. The normalized spacial score (nSPS) is 16.4. The van der Waals surface area contributed by atoms with Gasteiger partial charge in [0.1, 0.15) is 5.58 Å². The first-order chi connectivity index (χ1) is 28.3. The molecule has 0 fully saturated rings. The molecule has 2 aliphatic heterocycles. The van der Waals surface area contributed by atoms with E-state index in [2.05, 4.69) is 208 Å². The summed E-state index contributed by atoms with van der Waals surface area (Å²) < 4.78 is 7.28. The molecule has 7 aromatic rings. The molecule has 1 aromatic heterocycles. The van der Waals surface area contributed by atoms with E-state index in [1.165, 1.54) is 78.2 Å². The lowest BCUT2D eigenvalue weighted by Crippen LogP contribution is -2.61. The van der Waals surface area contributed by atoms with Crippen LogP contribution in [-0.4, -0.2) is 6.71 Å². The SMILES string of the molecule is Cc1cc2c3c(c1)N(c1ccc(C(C)(C)C)cc1)c1c(oc4ccc(C)cc14)B3c1ccc3c(c1N2c1ccc(C(C)(C)C)cc1-c1ccccc1)C(C)(C)CCC3(C)C. The standard InChI is InChI=1S/C56H59BN2O/c1-34-18-27-47-41(30-34)50-52(60-47)57-43-25-24-42-48(56(11,12)29-28-55(42,9)10)51(43)59(44-26-21-38(54(6,7)8)33-40(44)36-16-14-13-15-17-36)46-32-35(2)31-45(49(46)57)58(50)39-22-19-37(20-23-39)53(3,4)5/h13-27,30-33H,28-29H2,1-12H3. The second kappa shape index (κ2) is 13.0. The van der Waals surface area contributed by atoms with Crippen molar-refractivity contribution < 1.29 is 4.42 Å². The summed E-state index contributed by atoms with van der Waals surface area (Å²) in [6.45, 7) is 28.1. The van der Waals surface area contributed by atoms with E-state index >= 15 is 0 Å². The van der Waals surface area contributed by atoms with E-state index in [1.54, 1.807) is 0 Å². The molecule has 0 unspecified atom stereocenters. The molecule has 60 heavy (non-hydrogen) atoms. The van der Waals surface area contributed by atoms with Crippen LogP contribution in [0, 0.1) is 13.8 Å². The van der Waals surface area contributed by atoms with Gasteiger partial charge in [-0.05, 0) is 141 Å². The maximum absolute atomic E-state index is 7.28. The summed E-state index contributed by atoms with van der Waals surface area (Å²) in [5.74, 6) is 0. The maximum Gasteiger partial charge on any atom is 0.297 e. The van der Waals surface area contributed by atoms with Crippen LogP contribution in [-0.2, 0) is 21.7 Å². The number of anilines is 6. The van der Waals surface area contributed by atoms with Gasteiger partial charge in [-0.2, -0.15) is 0 Å². The number of fused-ring (bicyclic) bond motifs is 8. The van der Waals surface area contributed by atoms with E-state index < -0.39 is 0 Å². The predicted molar refractivity (Wildman–Crippen MR) is 258 cm³/mol. The lowest BCUT2D eigenvalue weighted by atomic mass is 9.35. The Morgan fingerprint density at radius 1 is 0.583 bits per heavy atom. The number of hydrogen-bond donors (Lipinski definition) is 0. The van der Waals surface area contributed by atoms with Crippen molar-refractivity contribution >= 4 is 68.4 Å². The molecule has 0 atom stereocenters. The Balaban J connectivity index is 1.36. The van der Waals surface area contributed by atoms with Crippen molar-refractivity contribution in [1.29, 1.82) is 0 Å². The third kappa shape index (κ3) is 5.84. The van der Waals surface area contributed by atoms with E-state index in [9.17, 15) is 0 Å². The van der Waals surface area contributed by atoms with Crippen molar-refractivity contribution in [1.82, 2.24) is 0 Å². The first-order valence-corrected chi connectivity index (χ1v) is 22.1. The van der Waals surface area contributed by atoms with Crippen molar-refractivity contribution in [2.75, 3.05) is 9.80 Å². The van der Waals surface area contributed by atoms with Crippen LogP contribution in [0.2, 0.25) is 0 Å². The summed E-state index contributed by atoms with van der Waals surface area (Å²) in [4.78, 5) is 5.21. The second-order valence-electron chi connectivity index (χ2n) is 21.5. The highest BCUT2D eigenvalue weighted by atomic mass is 16.3. The van der Waals surface area contributed by atoms with Crippen molar-refractivity contribution in [3.63, 3.8) is 0 Å². The fourth-order valence-corrected chi connectivity index (χ4v) is 10.6. The summed E-state index contributed by atoms with van der Waals surface area (Å²) in [5.41, 5.74) is 22.4. The molecule has 0 radical (unpaired) electrons. The Labute approximate surface area is 358 Å². The zero-order valence-electron chi connectivity index (χ0n) is 37.8. The molecular formula is C56H59BN2O. The largest absolute Gasteiger partial charge is 0.468 e. The van der Waals surface area contributed by atoms with Gasteiger partial charge in [0.15, 0.2) is 0 Å². The molecule has 0 spiro atoms. The van der Waals surface area contributed by atoms with Crippen LogP contribution >= 0.6 is 0 Å². The average molecular weight is 787 g/mol. The van der Waals surface area contributed by atoms with Crippen LogP contribution in [0.3, 0.4) is 0 Å². The monoisotopic (exact) mass is 786 g/mol. The second-order valence-corrected chi connectivity index (χ2v) is 21.5. The van der Waals surface area contributed by atoms with Gasteiger partial charge in [0.2, 0.25) is 0 Å². The molecular weight excluding hydrogens is 727 g/mol. The minimum atomic E-state index is -0.102. The molecule has 3 heterocycles. The highest BCUT2D eigenvalue weighted by Crippen LogP contribution is 2.55. The molecule has 0 saturated carbocycles. The van der Waals surface area contributed by atoms with Gasteiger partial charge in [0.05, 0.1) is 17.0 Å². The first kappa shape index (κ1) is 38.7. The van der Waals surface area contributed by atoms with Crippen LogP contribution in [0.5, 0.6) is 0 Å². The molecule has 0 N–H and O–H groups in total. The van der Waals surface area contributed by atoms with Gasteiger partial charge in [0, 0.05) is 33.7 Å². The van der Waals surface area contributed by atoms with Crippen molar-refractivity contribution in [2.45, 2.75) is 118 Å². The van der Waals surface area contributed by atoms with Crippen LogP contribution in [0.25, 0.3) is 22.1 Å². The smallest absolute Gasteiger partial charge is 0.297 e. The molecule has 6 aromatic carbocycles. The summed E-state index contributed by atoms with van der Waals surface area (Å²) in [7, 11) is 0. The van der Waals surface area contributed by atoms with Gasteiger partial charge in [-0.3, -0.25) is 0 Å². The predicted octanol–water partition coefficient (Wildman–Crippen LogP) is 13.7. The van der Waals surface area contributed by atoms with Crippen LogP contribution in [0.1, 0.15) is 115 Å². The Bertz CT molecular complexity index is 2860. The average Bonchev–Trinajstić information content (AvgIpc) is 3.56. The zero-order chi connectivity index (χ0) is 42.3. The number of aryl methyl sites for hydroxylation is 2. The Morgan fingerprint density at radius 3 is 1.92 bits per heavy atom. The van der Waals surface area contributed by atoms with E-state index in [-0.39, 0.29) is 28.4 Å². The highest BCUT2D eigenvalue weighted by Gasteiger charge is 2.50. The minimum Gasteiger partial charge on any atom is -0.468 e. The fraction of sp³-hybridized carbons (Fsp3) is 0.321. The maximum atomic E-state index is 7.28. The molecule has 0 amide bonds. The molecule has 10 rings (SSSR count). The van der Waals surface area contributed by atoms with E-state index in [0.29, 0.717) is 0 Å². The summed E-state index contributed by atoms with van der Waals surface area (Å²) in [6.07, 6.45) is 2.27. The highest BCUT2D eigenvalue weighted by molar-refractivity contribution is 7.00. The van der Waals surface area contributed by atoms with Crippen molar-refractivity contribution in [3.8, 4) is 11.1 Å². The van der Waals surface area contributed by atoms with Crippen LogP contribution in [0.4, 0.5) is 34.1 Å². The van der Waals surface area contributed by atoms with Crippen molar-refractivity contribution in [3.05, 3.63) is 149 Å². The number of nitrogens with zero attached hydrogens (tertiary/aromatic N) is 2. The molecule has 4 heteroatoms. The number of hydrogen-bond acceptors (Lipinski definition) is 3. The van der Waals surface area contributed by atoms with E-state index in [4.69, 9.17) is 4.42 Å². The summed E-state index contributed by atoms with van der Waals surface area (Å²) in [5, 5.41) is 1.16. The van der Waals surface area contributed by atoms with E-state index in [1.807, 2.05) is 0 Å².